The Hall–Kier alpha value is -2.10. The van der Waals surface area contributed by atoms with E-state index >= 15 is 0 Å². The van der Waals surface area contributed by atoms with Gasteiger partial charge in [0.05, 0.1) is 0 Å². The Kier molecular flexibility index (Phi) is 3.46. The van der Waals surface area contributed by atoms with Gasteiger partial charge in [0.25, 0.3) is 5.91 Å². The van der Waals surface area contributed by atoms with Gasteiger partial charge in [0, 0.05) is 17.3 Å². The number of aromatic nitrogens is 2. The SMILES string of the molecule is Cc1cc(NC(=O)c2ccc(C(C)C)cc2)n[nH]1. The first-order chi connectivity index (χ1) is 8.56. The number of carbonyl (C=O) groups excluding carboxylic acids is 1. The number of nitrogens with one attached hydrogen (secondary N) is 2. The number of rotatable bonds is 3. The lowest BCUT2D eigenvalue weighted by Gasteiger charge is -2.06. The molecule has 0 aliphatic rings. The van der Waals surface area contributed by atoms with Gasteiger partial charge in [-0.3, -0.25) is 9.89 Å². The molecule has 4 heteroatoms. The molecule has 0 aliphatic carbocycles. The van der Waals surface area contributed by atoms with Crippen molar-refractivity contribution >= 4 is 11.7 Å². The molecule has 0 saturated carbocycles. The summed E-state index contributed by atoms with van der Waals surface area (Å²) in [5.74, 6) is 0.873. The molecule has 2 N–H and O–H groups in total. The topological polar surface area (TPSA) is 57.8 Å². The van der Waals surface area contributed by atoms with Crippen LogP contribution in [0.5, 0.6) is 0 Å². The first-order valence-corrected chi connectivity index (χ1v) is 5.99. The Balaban J connectivity index is 2.09. The summed E-state index contributed by atoms with van der Waals surface area (Å²) in [6.07, 6.45) is 0. The second-order valence-corrected chi connectivity index (χ2v) is 4.67. The van der Waals surface area contributed by atoms with Crippen molar-refractivity contribution in [2.45, 2.75) is 26.7 Å². The van der Waals surface area contributed by atoms with Crippen LogP contribution in [0.1, 0.15) is 41.4 Å². The third-order valence-corrected chi connectivity index (χ3v) is 2.79. The lowest BCUT2D eigenvalue weighted by atomic mass is 10.0. The van der Waals surface area contributed by atoms with Gasteiger partial charge in [-0.2, -0.15) is 5.10 Å². The van der Waals surface area contributed by atoms with Crippen molar-refractivity contribution in [3.05, 3.63) is 47.2 Å². The molecular weight excluding hydrogens is 226 g/mol. The van der Waals surface area contributed by atoms with E-state index in [0.717, 1.165) is 5.69 Å². The molecular formula is C14H17N3O. The van der Waals surface area contributed by atoms with E-state index in [1.54, 1.807) is 6.07 Å². The van der Waals surface area contributed by atoms with Crippen LogP contribution in [0.25, 0.3) is 0 Å². The number of aryl methyl sites for hydroxylation is 1. The fourth-order valence-electron chi connectivity index (χ4n) is 1.69. The molecule has 0 atom stereocenters. The summed E-state index contributed by atoms with van der Waals surface area (Å²) in [5.41, 5.74) is 2.78. The molecule has 2 aromatic rings. The highest BCUT2D eigenvalue weighted by atomic mass is 16.1. The minimum atomic E-state index is -0.142. The number of carbonyl (C=O) groups is 1. The molecule has 1 aromatic heterocycles. The van der Waals surface area contributed by atoms with Crippen molar-refractivity contribution in [2.24, 2.45) is 0 Å². The van der Waals surface area contributed by atoms with Gasteiger partial charge >= 0.3 is 0 Å². The van der Waals surface area contributed by atoms with Crippen LogP contribution in [-0.2, 0) is 0 Å². The maximum absolute atomic E-state index is 11.9. The van der Waals surface area contributed by atoms with Crippen molar-refractivity contribution < 1.29 is 4.79 Å². The van der Waals surface area contributed by atoms with Gasteiger partial charge in [-0.15, -0.1) is 0 Å². The average molecular weight is 243 g/mol. The number of nitrogens with zero attached hydrogens (tertiary/aromatic N) is 1. The minimum absolute atomic E-state index is 0.142. The highest BCUT2D eigenvalue weighted by Gasteiger charge is 2.08. The van der Waals surface area contributed by atoms with E-state index in [4.69, 9.17) is 0 Å². The third kappa shape index (κ3) is 2.77. The summed E-state index contributed by atoms with van der Waals surface area (Å²) in [5, 5.41) is 9.50. The van der Waals surface area contributed by atoms with Gasteiger partial charge in [-0.25, -0.2) is 0 Å². The van der Waals surface area contributed by atoms with Crippen LogP contribution in [0.4, 0.5) is 5.82 Å². The van der Waals surface area contributed by atoms with Gasteiger partial charge in [-0.1, -0.05) is 26.0 Å². The van der Waals surface area contributed by atoms with E-state index in [1.165, 1.54) is 5.56 Å². The zero-order valence-corrected chi connectivity index (χ0v) is 10.8. The van der Waals surface area contributed by atoms with Crippen molar-refractivity contribution in [3.8, 4) is 0 Å². The Labute approximate surface area is 106 Å². The molecule has 0 bridgehead atoms. The van der Waals surface area contributed by atoms with E-state index in [1.807, 2.05) is 31.2 Å². The molecule has 2 rings (SSSR count). The Morgan fingerprint density at radius 3 is 2.44 bits per heavy atom. The van der Waals surface area contributed by atoms with Crippen LogP contribution in [0.2, 0.25) is 0 Å². The molecule has 1 aromatic carbocycles. The van der Waals surface area contributed by atoms with Crippen LogP contribution >= 0.6 is 0 Å². The van der Waals surface area contributed by atoms with Crippen molar-refractivity contribution in [3.63, 3.8) is 0 Å². The fraction of sp³-hybridized carbons (Fsp3) is 0.286. The average Bonchev–Trinajstić information content (AvgIpc) is 2.75. The molecule has 0 fully saturated rings. The van der Waals surface area contributed by atoms with Crippen molar-refractivity contribution in [2.75, 3.05) is 5.32 Å². The highest BCUT2D eigenvalue weighted by Crippen LogP contribution is 2.15. The number of hydrogen-bond donors (Lipinski definition) is 2. The van der Waals surface area contributed by atoms with Gasteiger partial charge < -0.3 is 5.32 Å². The normalized spacial score (nSPS) is 10.7. The molecule has 94 valence electrons. The Bertz CT molecular complexity index is 540. The smallest absolute Gasteiger partial charge is 0.256 e. The fourth-order valence-corrected chi connectivity index (χ4v) is 1.69. The molecule has 0 spiro atoms. The first-order valence-electron chi connectivity index (χ1n) is 5.99. The summed E-state index contributed by atoms with van der Waals surface area (Å²) in [6, 6.07) is 9.43. The predicted octanol–water partition coefficient (Wildman–Crippen LogP) is 3.09. The molecule has 0 saturated heterocycles. The van der Waals surface area contributed by atoms with Crippen molar-refractivity contribution in [1.82, 2.24) is 10.2 Å². The number of benzene rings is 1. The van der Waals surface area contributed by atoms with Gasteiger partial charge in [0.1, 0.15) is 0 Å². The summed E-state index contributed by atoms with van der Waals surface area (Å²) < 4.78 is 0. The number of aromatic amines is 1. The van der Waals surface area contributed by atoms with Gasteiger partial charge in [0.15, 0.2) is 5.82 Å². The quantitative estimate of drug-likeness (QED) is 0.870. The second kappa shape index (κ2) is 5.04. The molecule has 1 heterocycles. The molecule has 4 nitrogen and oxygen atoms in total. The van der Waals surface area contributed by atoms with Crippen LogP contribution < -0.4 is 5.32 Å². The summed E-state index contributed by atoms with van der Waals surface area (Å²) >= 11 is 0. The maximum atomic E-state index is 11.9. The zero-order valence-electron chi connectivity index (χ0n) is 10.8. The molecule has 18 heavy (non-hydrogen) atoms. The maximum Gasteiger partial charge on any atom is 0.256 e. The molecule has 0 aliphatic heterocycles. The largest absolute Gasteiger partial charge is 0.305 e. The van der Waals surface area contributed by atoms with Gasteiger partial charge in [0.2, 0.25) is 0 Å². The van der Waals surface area contributed by atoms with E-state index in [0.29, 0.717) is 17.3 Å². The Morgan fingerprint density at radius 1 is 1.28 bits per heavy atom. The van der Waals surface area contributed by atoms with Crippen LogP contribution in [0.3, 0.4) is 0 Å². The molecule has 0 radical (unpaired) electrons. The highest BCUT2D eigenvalue weighted by molar-refractivity contribution is 6.03. The summed E-state index contributed by atoms with van der Waals surface area (Å²) in [6.45, 7) is 6.14. The number of hydrogen-bond acceptors (Lipinski definition) is 2. The van der Waals surface area contributed by atoms with E-state index in [2.05, 4.69) is 29.4 Å². The van der Waals surface area contributed by atoms with Crippen LogP contribution in [0, 0.1) is 6.92 Å². The predicted molar refractivity (Wildman–Crippen MR) is 71.8 cm³/mol. The number of H-pyrrole nitrogens is 1. The summed E-state index contributed by atoms with van der Waals surface area (Å²) in [7, 11) is 0. The monoisotopic (exact) mass is 243 g/mol. The summed E-state index contributed by atoms with van der Waals surface area (Å²) in [4.78, 5) is 11.9. The molecule has 0 unspecified atom stereocenters. The Morgan fingerprint density at radius 2 is 1.94 bits per heavy atom. The lowest BCUT2D eigenvalue weighted by molar-refractivity contribution is 0.102. The van der Waals surface area contributed by atoms with Crippen molar-refractivity contribution in [1.29, 1.82) is 0 Å². The molecule has 1 amide bonds. The van der Waals surface area contributed by atoms with E-state index in [-0.39, 0.29) is 5.91 Å². The second-order valence-electron chi connectivity index (χ2n) is 4.67. The minimum Gasteiger partial charge on any atom is -0.305 e. The number of anilines is 1. The van der Waals surface area contributed by atoms with E-state index < -0.39 is 0 Å². The van der Waals surface area contributed by atoms with Crippen LogP contribution in [-0.4, -0.2) is 16.1 Å². The zero-order chi connectivity index (χ0) is 13.1. The third-order valence-electron chi connectivity index (χ3n) is 2.79. The van der Waals surface area contributed by atoms with Crippen LogP contribution in [0.15, 0.2) is 30.3 Å². The lowest BCUT2D eigenvalue weighted by Crippen LogP contribution is -2.12. The van der Waals surface area contributed by atoms with E-state index in [9.17, 15) is 4.79 Å². The standard InChI is InChI=1S/C14H17N3O/c1-9(2)11-4-6-12(7-5-11)14(18)15-13-8-10(3)16-17-13/h4-9H,1-3H3,(H2,15,16,17,18). The van der Waals surface area contributed by atoms with Gasteiger partial charge in [-0.05, 0) is 30.5 Å². The number of amides is 1. The first kappa shape index (κ1) is 12.4.